The average molecular weight is 431 g/mol. The van der Waals surface area contributed by atoms with Crippen LogP contribution in [-0.4, -0.2) is 53.0 Å². The number of benzene rings is 1. The van der Waals surface area contributed by atoms with Crippen molar-refractivity contribution in [3.8, 4) is 0 Å². The molecule has 0 aromatic heterocycles. The van der Waals surface area contributed by atoms with Crippen molar-refractivity contribution in [1.29, 1.82) is 0 Å². The Morgan fingerprint density at radius 2 is 1.83 bits per heavy atom. The Hall–Kier alpha value is -1.82. The van der Waals surface area contributed by atoms with Crippen LogP contribution in [0.15, 0.2) is 29.2 Å². The number of nitrogens with zero attached hydrogens (tertiary/aromatic N) is 2. The fourth-order valence-corrected chi connectivity index (χ4v) is 6.83. The fourth-order valence-electron chi connectivity index (χ4n) is 5.36. The number of amides is 2. The largest absolute Gasteiger partial charge is 0.342 e. The van der Waals surface area contributed by atoms with E-state index in [9.17, 15) is 14.0 Å². The Bertz CT molecular complexity index is 847. The van der Waals surface area contributed by atoms with Gasteiger partial charge in [0.2, 0.25) is 5.91 Å². The molecule has 162 valence electrons. The molecule has 1 saturated carbocycles. The van der Waals surface area contributed by atoms with E-state index in [1.165, 1.54) is 12.5 Å². The lowest BCUT2D eigenvalue weighted by Crippen LogP contribution is -2.53. The minimum absolute atomic E-state index is 0.00306. The molecule has 0 N–H and O–H groups in total. The first-order chi connectivity index (χ1) is 14.3. The molecule has 3 aliphatic rings. The molecule has 1 aromatic carbocycles. The highest BCUT2D eigenvalue weighted by Crippen LogP contribution is 2.44. The molecular formula is C24H31FN2O2S. The Labute approximate surface area is 182 Å². The van der Waals surface area contributed by atoms with Crippen LogP contribution in [0.5, 0.6) is 0 Å². The third kappa shape index (κ3) is 4.29. The summed E-state index contributed by atoms with van der Waals surface area (Å²) in [6.07, 6.45) is 5.34. The number of likely N-dealkylation sites (N-methyl/N-ethyl adjacent to an activating group) is 1. The zero-order valence-electron chi connectivity index (χ0n) is 18.0. The van der Waals surface area contributed by atoms with E-state index in [0.29, 0.717) is 22.3 Å². The van der Waals surface area contributed by atoms with Crippen LogP contribution in [0, 0.1) is 23.6 Å². The van der Waals surface area contributed by atoms with E-state index < -0.39 is 0 Å². The highest BCUT2D eigenvalue weighted by Gasteiger charge is 2.44. The molecule has 2 aliphatic heterocycles. The number of piperidine rings is 1. The second kappa shape index (κ2) is 8.74. The van der Waals surface area contributed by atoms with E-state index in [1.54, 1.807) is 40.9 Å². The zero-order chi connectivity index (χ0) is 21.4. The van der Waals surface area contributed by atoms with Gasteiger partial charge in [0.1, 0.15) is 5.82 Å². The summed E-state index contributed by atoms with van der Waals surface area (Å²) in [4.78, 5) is 30.6. The van der Waals surface area contributed by atoms with Gasteiger partial charge in [-0.25, -0.2) is 4.39 Å². The zero-order valence-corrected chi connectivity index (χ0v) is 18.8. The molecular weight excluding hydrogens is 399 g/mol. The number of fused-ring (bicyclic) bond motifs is 1. The SMILES string of the molecule is CC1CC(C)CN(C(=O)C2CCC3S/C(=C\c4ccccc4F)C(=O)N(C)C3C2)C1. The molecule has 1 aromatic rings. The summed E-state index contributed by atoms with van der Waals surface area (Å²) in [5.41, 5.74) is 0.442. The van der Waals surface area contributed by atoms with Crippen LogP contribution in [-0.2, 0) is 9.59 Å². The van der Waals surface area contributed by atoms with Crippen molar-refractivity contribution >= 4 is 29.7 Å². The van der Waals surface area contributed by atoms with Crippen LogP contribution in [0.1, 0.15) is 45.1 Å². The highest BCUT2D eigenvalue weighted by molar-refractivity contribution is 8.04. The lowest BCUT2D eigenvalue weighted by Gasteiger charge is -2.45. The second-order valence-electron chi connectivity index (χ2n) is 9.37. The Balaban J connectivity index is 1.46. The Morgan fingerprint density at radius 3 is 2.53 bits per heavy atom. The highest BCUT2D eigenvalue weighted by atomic mass is 32.2. The first kappa shape index (κ1) is 21.4. The number of halogens is 1. The Kier molecular flexibility index (Phi) is 6.24. The van der Waals surface area contributed by atoms with Crippen LogP contribution < -0.4 is 0 Å². The molecule has 1 aliphatic carbocycles. The number of carbonyl (C=O) groups excluding carboxylic acids is 2. The average Bonchev–Trinajstić information content (AvgIpc) is 2.72. The number of carbonyl (C=O) groups is 2. The number of thioether (sulfide) groups is 1. The summed E-state index contributed by atoms with van der Waals surface area (Å²) >= 11 is 1.56. The first-order valence-electron chi connectivity index (χ1n) is 11.0. The van der Waals surface area contributed by atoms with Gasteiger partial charge in [-0.15, -0.1) is 11.8 Å². The number of rotatable bonds is 2. The second-order valence-corrected chi connectivity index (χ2v) is 10.7. The molecule has 2 heterocycles. The number of hydrogen-bond acceptors (Lipinski definition) is 3. The molecule has 0 radical (unpaired) electrons. The van der Waals surface area contributed by atoms with Crippen LogP contribution in [0.25, 0.3) is 6.08 Å². The monoisotopic (exact) mass is 430 g/mol. The minimum Gasteiger partial charge on any atom is -0.342 e. The van der Waals surface area contributed by atoms with Gasteiger partial charge in [-0.3, -0.25) is 9.59 Å². The third-order valence-electron chi connectivity index (χ3n) is 6.78. The summed E-state index contributed by atoms with van der Waals surface area (Å²) in [5, 5.41) is 0.258. The van der Waals surface area contributed by atoms with Crippen LogP contribution in [0.2, 0.25) is 0 Å². The van der Waals surface area contributed by atoms with Crippen LogP contribution in [0.4, 0.5) is 4.39 Å². The number of hydrogen-bond donors (Lipinski definition) is 0. The van der Waals surface area contributed by atoms with Crippen molar-refractivity contribution in [1.82, 2.24) is 9.80 Å². The molecule has 5 unspecified atom stereocenters. The maximum absolute atomic E-state index is 14.1. The molecule has 30 heavy (non-hydrogen) atoms. The summed E-state index contributed by atoms with van der Waals surface area (Å²) in [5.74, 6) is 0.978. The fraction of sp³-hybridized carbons (Fsp3) is 0.583. The van der Waals surface area contributed by atoms with Crippen molar-refractivity contribution in [2.24, 2.45) is 17.8 Å². The van der Waals surface area contributed by atoms with E-state index in [1.807, 2.05) is 7.05 Å². The maximum Gasteiger partial charge on any atom is 0.260 e. The van der Waals surface area contributed by atoms with Crippen molar-refractivity contribution < 1.29 is 14.0 Å². The summed E-state index contributed by atoms with van der Waals surface area (Å²) in [6.45, 7) is 6.15. The van der Waals surface area contributed by atoms with Crippen molar-refractivity contribution in [3.05, 3.63) is 40.6 Å². The molecule has 2 saturated heterocycles. The van der Waals surface area contributed by atoms with Gasteiger partial charge in [0, 0.05) is 42.9 Å². The molecule has 4 nitrogen and oxygen atoms in total. The number of likely N-dealkylation sites (tertiary alicyclic amines) is 1. The topological polar surface area (TPSA) is 40.6 Å². The van der Waals surface area contributed by atoms with Gasteiger partial charge in [0.15, 0.2) is 0 Å². The smallest absolute Gasteiger partial charge is 0.260 e. The Morgan fingerprint density at radius 1 is 1.13 bits per heavy atom. The maximum atomic E-state index is 14.1. The normalized spacial score (nSPS) is 33.5. The predicted octanol–water partition coefficient (Wildman–Crippen LogP) is 4.41. The van der Waals surface area contributed by atoms with Crippen molar-refractivity contribution in [2.45, 2.75) is 50.8 Å². The van der Waals surface area contributed by atoms with Gasteiger partial charge < -0.3 is 9.80 Å². The van der Waals surface area contributed by atoms with Crippen molar-refractivity contribution in [2.75, 3.05) is 20.1 Å². The van der Waals surface area contributed by atoms with E-state index in [4.69, 9.17) is 0 Å². The van der Waals surface area contributed by atoms with Gasteiger partial charge in [-0.1, -0.05) is 32.0 Å². The van der Waals surface area contributed by atoms with Crippen molar-refractivity contribution in [3.63, 3.8) is 0 Å². The lowest BCUT2D eigenvalue weighted by atomic mass is 9.82. The standard InChI is InChI=1S/C24H31FN2O2S/c1-15-10-16(2)14-27(13-15)23(28)18-8-9-21-20(11-18)26(3)24(29)22(30-21)12-17-6-4-5-7-19(17)25/h4-7,12,15-16,18,20-21H,8-11,13-14H2,1-3H3/b22-12-. The third-order valence-corrected chi connectivity index (χ3v) is 8.18. The molecule has 5 atom stereocenters. The summed E-state index contributed by atoms with van der Waals surface area (Å²) in [7, 11) is 1.83. The minimum atomic E-state index is -0.317. The van der Waals surface area contributed by atoms with Gasteiger partial charge in [-0.05, 0) is 49.7 Å². The molecule has 6 heteroatoms. The molecule has 4 rings (SSSR count). The summed E-state index contributed by atoms with van der Waals surface area (Å²) in [6, 6.07) is 6.59. The van der Waals surface area contributed by atoms with Crippen LogP contribution in [0.3, 0.4) is 0 Å². The van der Waals surface area contributed by atoms with E-state index in [-0.39, 0.29) is 34.8 Å². The quantitative estimate of drug-likeness (QED) is 0.653. The van der Waals surface area contributed by atoms with Gasteiger partial charge in [0.05, 0.1) is 4.91 Å². The van der Waals surface area contributed by atoms with Crippen LogP contribution >= 0.6 is 11.8 Å². The van der Waals surface area contributed by atoms with E-state index in [2.05, 4.69) is 18.7 Å². The predicted molar refractivity (Wildman–Crippen MR) is 119 cm³/mol. The first-order valence-corrected chi connectivity index (χ1v) is 11.9. The summed E-state index contributed by atoms with van der Waals surface area (Å²) < 4.78 is 14.1. The van der Waals surface area contributed by atoms with Gasteiger partial charge in [0.25, 0.3) is 5.91 Å². The molecule has 3 fully saturated rings. The van der Waals surface area contributed by atoms with Gasteiger partial charge in [-0.2, -0.15) is 0 Å². The lowest BCUT2D eigenvalue weighted by molar-refractivity contribution is -0.141. The van der Waals surface area contributed by atoms with E-state index >= 15 is 0 Å². The molecule has 0 spiro atoms. The van der Waals surface area contributed by atoms with Gasteiger partial charge >= 0.3 is 0 Å². The molecule has 2 amide bonds. The molecule has 0 bridgehead atoms. The van der Waals surface area contributed by atoms with E-state index in [0.717, 1.165) is 32.4 Å².